The molecule has 1 aliphatic rings. The molecular weight excluding hydrogens is 288 g/mol. The first-order valence-electron chi connectivity index (χ1n) is 7.91. The standard InChI is InChI=1S/C14H12O2.C5H12N2/c15-14(16)13(11-7-3-1-4-8-11)12-9-5-2-6-10-12;6-7-4-2-1-3-5-7/h1-10,15-16H;1-6H2. The van der Waals surface area contributed by atoms with Crippen LogP contribution in [0.4, 0.5) is 0 Å². The Balaban J connectivity index is 0.000000229. The second-order valence-corrected chi connectivity index (χ2v) is 5.53. The topological polar surface area (TPSA) is 69.7 Å². The Bertz CT molecular complexity index is 560. The second kappa shape index (κ2) is 8.98. The van der Waals surface area contributed by atoms with Crippen LogP contribution in [-0.4, -0.2) is 28.3 Å². The van der Waals surface area contributed by atoms with Crippen molar-refractivity contribution in [3.8, 4) is 0 Å². The molecule has 0 aliphatic carbocycles. The van der Waals surface area contributed by atoms with Gasteiger partial charge in [0.1, 0.15) is 0 Å². The molecule has 122 valence electrons. The van der Waals surface area contributed by atoms with Crippen LogP contribution in [0.1, 0.15) is 30.4 Å². The SMILES string of the molecule is NN1CCCCC1.OC(O)=C(c1ccccc1)c1ccccc1. The Kier molecular flexibility index (Phi) is 6.66. The zero-order valence-corrected chi connectivity index (χ0v) is 13.2. The Morgan fingerprint density at radius 1 is 0.739 bits per heavy atom. The Morgan fingerprint density at radius 2 is 1.17 bits per heavy atom. The van der Waals surface area contributed by atoms with Gasteiger partial charge in [-0.05, 0) is 24.0 Å². The molecule has 4 N–H and O–H groups in total. The van der Waals surface area contributed by atoms with Crippen molar-refractivity contribution in [2.45, 2.75) is 19.3 Å². The predicted molar refractivity (Wildman–Crippen MR) is 93.8 cm³/mol. The minimum absolute atomic E-state index is 0.446. The average Bonchev–Trinajstić information content (AvgIpc) is 2.58. The van der Waals surface area contributed by atoms with E-state index in [1.54, 1.807) is 0 Å². The number of piperidine rings is 1. The van der Waals surface area contributed by atoms with Gasteiger partial charge in [-0.15, -0.1) is 0 Å². The highest BCUT2D eigenvalue weighted by molar-refractivity contribution is 5.79. The highest BCUT2D eigenvalue weighted by Gasteiger charge is 2.09. The van der Waals surface area contributed by atoms with Crippen molar-refractivity contribution in [2.24, 2.45) is 5.84 Å². The summed E-state index contributed by atoms with van der Waals surface area (Å²) in [5.41, 5.74) is 2.02. The van der Waals surface area contributed by atoms with Crippen molar-refractivity contribution in [1.82, 2.24) is 5.01 Å². The van der Waals surface area contributed by atoms with Crippen LogP contribution in [0.3, 0.4) is 0 Å². The van der Waals surface area contributed by atoms with Gasteiger partial charge >= 0.3 is 0 Å². The van der Waals surface area contributed by atoms with Crippen LogP contribution in [-0.2, 0) is 0 Å². The van der Waals surface area contributed by atoms with Gasteiger partial charge in [-0.3, -0.25) is 5.84 Å². The molecule has 1 aliphatic heterocycles. The van der Waals surface area contributed by atoms with Gasteiger partial charge in [0.25, 0.3) is 5.95 Å². The van der Waals surface area contributed by atoms with Gasteiger partial charge in [-0.2, -0.15) is 0 Å². The summed E-state index contributed by atoms with van der Waals surface area (Å²) in [6.07, 6.45) is 3.95. The lowest BCUT2D eigenvalue weighted by molar-refractivity contribution is 0.194. The van der Waals surface area contributed by atoms with Gasteiger partial charge in [0.15, 0.2) is 0 Å². The lowest BCUT2D eigenvalue weighted by Crippen LogP contribution is -2.35. The summed E-state index contributed by atoms with van der Waals surface area (Å²) in [5.74, 6) is 4.81. The first kappa shape index (κ1) is 17.1. The molecule has 1 heterocycles. The zero-order valence-electron chi connectivity index (χ0n) is 13.2. The van der Waals surface area contributed by atoms with Gasteiger partial charge in [0, 0.05) is 13.1 Å². The molecule has 23 heavy (non-hydrogen) atoms. The largest absolute Gasteiger partial charge is 0.481 e. The number of nitrogens with two attached hydrogens (primary N) is 1. The maximum absolute atomic E-state index is 9.35. The van der Waals surface area contributed by atoms with Crippen LogP contribution in [0.15, 0.2) is 66.6 Å². The van der Waals surface area contributed by atoms with E-state index in [0.717, 1.165) is 24.2 Å². The van der Waals surface area contributed by atoms with Crippen molar-refractivity contribution in [1.29, 1.82) is 0 Å². The molecule has 2 aromatic carbocycles. The van der Waals surface area contributed by atoms with Crippen LogP contribution in [0.5, 0.6) is 0 Å². The maximum Gasteiger partial charge on any atom is 0.282 e. The number of hydrogen-bond donors (Lipinski definition) is 3. The molecule has 0 aromatic heterocycles. The molecule has 0 saturated carbocycles. The van der Waals surface area contributed by atoms with Crippen LogP contribution in [0.25, 0.3) is 5.57 Å². The third kappa shape index (κ3) is 5.43. The molecule has 4 heteroatoms. The number of nitrogens with zero attached hydrogens (tertiary/aromatic N) is 1. The van der Waals surface area contributed by atoms with Crippen molar-refractivity contribution >= 4 is 5.57 Å². The minimum atomic E-state index is -0.655. The first-order chi connectivity index (χ1) is 11.2. The molecule has 3 rings (SSSR count). The van der Waals surface area contributed by atoms with E-state index >= 15 is 0 Å². The van der Waals surface area contributed by atoms with E-state index in [-0.39, 0.29) is 0 Å². The van der Waals surface area contributed by atoms with Crippen molar-refractivity contribution in [2.75, 3.05) is 13.1 Å². The zero-order chi connectivity index (χ0) is 16.5. The van der Waals surface area contributed by atoms with Gasteiger partial charge in [0.2, 0.25) is 0 Å². The lowest BCUT2D eigenvalue weighted by atomic mass is 9.99. The van der Waals surface area contributed by atoms with E-state index in [0.29, 0.717) is 5.57 Å². The quantitative estimate of drug-likeness (QED) is 0.581. The number of rotatable bonds is 2. The highest BCUT2D eigenvalue weighted by atomic mass is 16.5. The monoisotopic (exact) mass is 312 g/mol. The average molecular weight is 312 g/mol. The van der Waals surface area contributed by atoms with E-state index in [1.807, 2.05) is 65.7 Å². The second-order valence-electron chi connectivity index (χ2n) is 5.53. The first-order valence-corrected chi connectivity index (χ1v) is 7.91. The minimum Gasteiger partial charge on any atom is -0.481 e. The molecule has 0 radical (unpaired) electrons. The summed E-state index contributed by atoms with van der Waals surface area (Å²) >= 11 is 0. The third-order valence-electron chi connectivity index (χ3n) is 3.74. The molecule has 2 aromatic rings. The summed E-state index contributed by atoms with van der Waals surface area (Å²) < 4.78 is 0. The van der Waals surface area contributed by atoms with Gasteiger partial charge in [0.05, 0.1) is 5.57 Å². The van der Waals surface area contributed by atoms with Crippen LogP contribution >= 0.6 is 0 Å². The molecule has 0 unspecified atom stereocenters. The van der Waals surface area contributed by atoms with Gasteiger partial charge in [-0.1, -0.05) is 67.1 Å². The number of hydrogen-bond acceptors (Lipinski definition) is 4. The fraction of sp³-hybridized carbons (Fsp3) is 0.263. The fourth-order valence-corrected chi connectivity index (χ4v) is 2.55. The predicted octanol–water partition coefficient (Wildman–Crippen LogP) is 3.87. The van der Waals surface area contributed by atoms with Crippen LogP contribution in [0.2, 0.25) is 0 Å². The van der Waals surface area contributed by atoms with Gasteiger partial charge in [-0.25, -0.2) is 5.01 Å². The molecule has 0 spiro atoms. The van der Waals surface area contributed by atoms with E-state index in [4.69, 9.17) is 5.84 Å². The summed E-state index contributed by atoms with van der Waals surface area (Å²) in [6.45, 7) is 2.19. The van der Waals surface area contributed by atoms with Crippen molar-refractivity contribution < 1.29 is 10.2 Å². The molecule has 4 nitrogen and oxygen atoms in total. The van der Waals surface area contributed by atoms with Crippen LogP contribution in [0, 0.1) is 0 Å². The Labute approximate surface area is 137 Å². The molecule has 0 amide bonds. The van der Waals surface area contributed by atoms with E-state index in [2.05, 4.69) is 0 Å². The van der Waals surface area contributed by atoms with Gasteiger partial charge < -0.3 is 10.2 Å². The lowest BCUT2D eigenvalue weighted by Gasteiger charge is -2.20. The summed E-state index contributed by atoms with van der Waals surface area (Å²) in [4.78, 5) is 0. The molecule has 1 fully saturated rings. The highest BCUT2D eigenvalue weighted by Crippen LogP contribution is 2.24. The molecule has 1 saturated heterocycles. The Morgan fingerprint density at radius 3 is 1.48 bits per heavy atom. The van der Waals surface area contributed by atoms with E-state index < -0.39 is 5.95 Å². The third-order valence-corrected chi connectivity index (χ3v) is 3.74. The van der Waals surface area contributed by atoms with Crippen molar-refractivity contribution in [3.63, 3.8) is 0 Å². The summed E-state index contributed by atoms with van der Waals surface area (Å²) in [6, 6.07) is 18.6. The van der Waals surface area contributed by atoms with E-state index in [9.17, 15) is 10.2 Å². The molecular formula is C19H24N2O2. The number of aliphatic hydroxyl groups is 2. The number of hydrazine groups is 1. The van der Waals surface area contributed by atoms with Crippen molar-refractivity contribution in [3.05, 3.63) is 77.7 Å². The number of aliphatic hydroxyl groups excluding tert-OH is 1. The number of benzene rings is 2. The molecule has 0 atom stereocenters. The van der Waals surface area contributed by atoms with E-state index in [1.165, 1.54) is 19.3 Å². The summed E-state index contributed by atoms with van der Waals surface area (Å²) in [5, 5.41) is 20.6. The summed E-state index contributed by atoms with van der Waals surface area (Å²) in [7, 11) is 0. The molecule has 0 bridgehead atoms. The maximum atomic E-state index is 9.35. The normalized spacial score (nSPS) is 14.5. The Hall–Kier alpha value is -2.30. The fourth-order valence-electron chi connectivity index (χ4n) is 2.55. The van der Waals surface area contributed by atoms with Crippen LogP contribution < -0.4 is 5.84 Å². The smallest absolute Gasteiger partial charge is 0.282 e.